The minimum Gasteiger partial charge on any atom is -0.453 e. The molecule has 2 aliphatic rings. The molecule has 1 amide bonds. The van der Waals surface area contributed by atoms with Crippen LogP contribution in [0.4, 0.5) is 5.69 Å². The molecule has 1 saturated carbocycles. The zero-order chi connectivity index (χ0) is 27.8. The monoisotopic (exact) mass is 536 g/mol. The maximum Gasteiger partial charge on any atom is 0.303 e. The first-order chi connectivity index (χ1) is 18.9. The van der Waals surface area contributed by atoms with E-state index in [0.717, 1.165) is 36.2 Å². The zero-order valence-corrected chi connectivity index (χ0v) is 22.9. The van der Waals surface area contributed by atoms with Crippen LogP contribution in [0.3, 0.4) is 0 Å². The number of benzene rings is 2. The summed E-state index contributed by atoms with van der Waals surface area (Å²) in [7, 11) is 0. The van der Waals surface area contributed by atoms with Crippen molar-refractivity contribution in [3.63, 3.8) is 0 Å². The molecule has 39 heavy (non-hydrogen) atoms. The van der Waals surface area contributed by atoms with Gasteiger partial charge < -0.3 is 24.6 Å². The van der Waals surface area contributed by atoms with Gasteiger partial charge in [-0.3, -0.25) is 14.5 Å². The smallest absolute Gasteiger partial charge is 0.303 e. The number of carbonyl (C=O) groups is 2. The van der Waals surface area contributed by atoms with Crippen molar-refractivity contribution in [2.75, 3.05) is 18.4 Å². The molecule has 4 atom stereocenters. The summed E-state index contributed by atoms with van der Waals surface area (Å²) in [6, 6.07) is 15.8. The maximum absolute atomic E-state index is 12.3. The second-order valence-corrected chi connectivity index (χ2v) is 10.4. The lowest BCUT2D eigenvalue weighted by Gasteiger charge is -2.39. The van der Waals surface area contributed by atoms with E-state index in [1.54, 1.807) is 12.1 Å². The average Bonchev–Trinajstić information content (AvgIpc) is 3.48. The van der Waals surface area contributed by atoms with E-state index in [-0.39, 0.29) is 18.8 Å². The molecular weight excluding hydrogens is 496 g/mol. The Bertz CT molecular complexity index is 1100. The number of ether oxygens (including phenoxy) is 3. The van der Waals surface area contributed by atoms with Crippen LogP contribution >= 0.6 is 0 Å². The SMILES string of the molecule is C=CCN(C[C@H]1C[C@@H](c2ccc(CO)cc2)O[C@@H](c2ccc(NC(=O)[C@H](C)OC(C)=O)cc2)O1)C1CCCC1. The van der Waals surface area contributed by atoms with Gasteiger partial charge in [0.2, 0.25) is 0 Å². The summed E-state index contributed by atoms with van der Waals surface area (Å²) in [5, 5.41) is 12.2. The number of rotatable bonds is 11. The van der Waals surface area contributed by atoms with Crippen molar-refractivity contribution in [2.24, 2.45) is 0 Å². The Kier molecular flexibility index (Phi) is 10.3. The number of nitrogens with one attached hydrogen (secondary N) is 1. The molecule has 2 fully saturated rings. The zero-order valence-electron chi connectivity index (χ0n) is 22.9. The van der Waals surface area contributed by atoms with E-state index >= 15 is 0 Å². The molecule has 4 rings (SSSR count). The fraction of sp³-hybridized carbons (Fsp3) is 0.484. The molecule has 1 saturated heterocycles. The highest BCUT2D eigenvalue weighted by molar-refractivity contribution is 5.94. The number of carbonyl (C=O) groups excluding carboxylic acids is 2. The van der Waals surface area contributed by atoms with Crippen LogP contribution in [-0.4, -0.2) is 53.2 Å². The minimum absolute atomic E-state index is 0.000604. The van der Waals surface area contributed by atoms with Crippen LogP contribution in [0.1, 0.15) is 75.0 Å². The first-order valence-electron chi connectivity index (χ1n) is 13.8. The maximum atomic E-state index is 12.3. The van der Waals surface area contributed by atoms with E-state index in [4.69, 9.17) is 14.2 Å². The van der Waals surface area contributed by atoms with Crippen molar-refractivity contribution < 1.29 is 28.9 Å². The lowest BCUT2D eigenvalue weighted by atomic mass is 9.99. The van der Waals surface area contributed by atoms with Crippen LogP contribution < -0.4 is 5.32 Å². The first-order valence-corrected chi connectivity index (χ1v) is 13.8. The van der Waals surface area contributed by atoms with E-state index in [2.05, 4.69) is 16.8 Å². The second kappa shape index (κ2) is 13.8. The number of nitrogens with zero attached hydrogens (tertiary/aromatic N) is 1. The lowest BCUT2D eigenvalue weighted by Crippen LogP contribution is -2.43. The Balaban J connectivity index is 1.50. The average molecular weight is 537 g/mol. The normalized spacial score (nSPS) is 22.4. The van der Waals surface area contributed by atoms with Gasteiger partial charge in [-0.15, -0.1) is 6.58 Å². The summed E-state index contributed by atoms with van der Waals surface area (Å²) in [5.41, 5.74) is 3.34. The van der Waals surface area contributed by atoms with Crippen molar-refractivity contribution in [1.29, 1.82) is 0 Å². The number of hydrogen-bond donors (Lipinski definition) is 2. The lowest BCUT2D eigenvalue weighted by molar-refractivity contribution is -0.253. The third-order valence-corrected chi connectivity index (χ3v) is 7.42. The summed E-state index contributed by atoms with van der Waals surface area (Å²) in [5.74, 6) is -0.905. The molecule has 1 aliphatic carbocycles. The number of hydrogen-bond acceptors (Lipinski definition) is 7. The Labute approximate surface area is 230 Å². The molecule has 1 aliphatic heterocycles. The van der Waals surface area contributed by atoms with Crippen LogP contribution in [0, 0.1) is 0 Å². The van der Waals surface area contributed by atoms with Gasteiger partial charge in [0, 0.05) is 43.7 Å². The van der Waals surface area contributed by atoms with Gasteiger partial charge in [-0.05, 0) is 43.0 Å². The fourth-order valence-corrected chi connectivity index (χ4v) is 5.37. The standard InChI is InChI=1S/C31H40N2O6/c1-4-17-33(27-7-5-6-8-27)19-28-18-29(24-11-9-23(20-34)10-12-24)39-31(38-28)25-13-15-26(16-14-25)32-30(36)21(2)37-22(3)35/h4,9-16,21,27-29,31,34H,1,5-8,17-20H2,2-3H3,(H,32,36)/t21-,28+,29-,31-/m0/s1. The highest BCUT2D eigenvalue weighted by Crippen LogP contribution is 2.39. The van der Waals surface area contributed by atoms with Crippen LogP contribution in [-0.2, 0) is 30.4 Å². The molecule has 2 aromatic rings. The molecule has 2 N–H and O–H groups in total. The number of esters is 1. The van der Waals surface area contributed by atoms with E-state index < -0.39 is 24.3 Å². The third-order valence-electron chi connectivity index (χ3n) is 7.42. The first kappa shape index (κ1) is 29.0. The van der Waals surface area contributed by atoms with Gasteiger partial charge in [0.1, 0.15) is 0 Å². The van der Waals surface area contributed by atoms with Crippen LogP contribution in [0.2, 0.25) is 0 Å². The van der Waals surface area contributed by atoms with Crippen molar-refractivity contribution in [2.45, 2.75) is 83.2 Å². The van der Waals surface area contributed by atoms with Gasteiger partial charge in [-0.25, -0.2) is 0 Å². The topological polar surface area (TPSA) is 97.3 Å². The van der Waals surface area contributed by atoms with Crippen molar-refractivity contribution >= 4 is 17.6 Å². The van der Waals surface area contributed by atoms with Gasteiger partial charge >= 0.3 is 5.97 Å². The molecule has 0 spiro atoms. The summed E-state index contributed by atoms with van der Waals surface area (Å²) in [4.78, 5) is 26.0. The minimum atomic E-state index is -0.885. The van der Waals surface area contributed by atoms with Gasteiger partial charge in [-0.2, -0.15) is 0 Å². The Morgan fingerprint density at radius 1 is 1.10 bits per heavy atom. The van der Waals surface area contributed by atoms with Gasteiger partial charge in [0.25, 0.3) is 5.91 Å². The molecular formula is C31H40N2O6. The summed E-state index contributed by atoms with van der Waals surface area (Å²) in [6.45, 7) is 8.40. The third kappa shape index (κ3) is 7.99. The number of amides is 1. The molecule has 0 bridgehead atoms. The van der Waals surface area contributed by atoms with Gasteiger partial charge in [-0.1, -0.05) is 55.3 Å². The largest absolute Gasteiger partial charge is 0.453 e. The number of aliphatic hydroxyl groups is 1. The van der Waals surface area contributed by atoms with E-state index in [9.17, 15) is 14.7 Å². The van der Waals surface area contributed by atoms with Crippen molar-refractivity contribution in [3.05, 3.63) is 77.9 Å². The quantitative estimate of drug-likeness (QED) is 0.307. The molecule has 0 radical (unpaired) electrons. The summed E-state index contributed by atoms with van der Waals surface area (Å²) < 4.78 is 17.9. The van der Waals surface area contributed by atoms with Crippen molar-refractivity contribution in [1.82, 2.24) is 4.90 Å². The Morgan fingerprint density at radius 2 is 1.77 bits per heavy atom. The molecule has 8 nitrogen and oxygen atoms in total. The predicted octanol–water partition coefficient (Wildman–Crippen LogP) is 5.05. The molecule has 0 aromatic heterocycles. The molecule has 0 unspecified atom stereocenters. The molecule has 8 heteroatoms. The summed E-state index contributed by atoms with van der Waals surface area (Å²) >= 11 is 0. The Hall–Kier alpha value is -3.04. The predicted molar refractivity (Wildman–Crippen MR) is 149 cm³/mol. The highest BCUT2D eigenvalue weighted by Gasteiger charge is 2.34. The second-order valence-electron chi connectivity index (χ2n) is 10.4. The molecule has 1 heterocycles. The summed E-state index contributed by atoms with van der Waals surface area (Å²) in [6.07, 6.45) is 5.94. The van der Waals surface area contributed by atoms with Crippen LogP contribution in [0.15, 0.2) is 61.2 Å². The Morgan fingerprint density at radius 3 is 2.38 bits per heavy atom. The van der Waals surface area contributed by atoms with Crippen LogP contribution in [0.5, 0.6) is 0 Å². The van der Waals surface area contributed by atoms with E-state index in [1.165, 1.54) is 39.5 Å². The van der Waals surface area contributed by atoms with Gasteiger partial charge in [0.15, 0.2) is 12.4 Å². The van der Waals surface area contributed by atoms with Crippen molar-refractivity contribution in [3.8, 4) is 0 Å². The van der Waals surface area contributed by atoms with E-state index in [1.807, 2.05) is 42.5 Å². The fourth-order valence-electron chi connectivity index (χ4n) is 5.37. The van der Waals surface area contributed by atoms with E-state index in [0.29, 0.717) is 11.7 Å². The molecule has 210 valence electrons. The number of aliphatic hydroxyl groups excluding tert-OH is 1. The number of anilines is 1. The molecule has 2 aromatic carbocycles. The van der Waals surface area contributed by atoms with Gasteiger partial charge in [0.05, 0.1) is 18.8 Å². The van der Waals surface area contributed by atoms with Crippen LogP contribution in [0.25, 0.3) is 0 Å². The highest BCUT2D eigenvalue weighted by atomic mass is 16.7.